The van der Waals surface area contributed by atoms with Gasteiger partial charge in [-0.05, 0) is 42.5 Å². The molecule has 0 aliphatic carbocycles. The zero-order valence-electron chi connectivity index (χ0n) is 10.9. The molecule has 6 heteroatoms. The Bertz CT molecular complexity index is 660. The van der Waals surface area contributed by atoms with Crippen LogP contribution in [0.25, 0.3) is 0 Å². The SMILES string of the molecule is COc1ccc(C(=O)c2cc(C(F)(F)F)ccc2F)cc1. The number of methoxy groups -OCH3 is 1. The number of ketones is 1. The Kier molecular flexibility index (Phi) is 3.97. The van der Waals surface area contributed by atoms with Crippen LogP contribution in [-0.4, -0.2) is 12.9 Å². The summed E-state index contributed by atoms with van der Waals surface area (Å²) in [6.45, 7) is 0. The highest BCUT2D eigenvalue weighted by Crippen LogP contribution is 2.31. The largest absolute Gasteiger partial charge is 0.497 e. The Morgan fingerprint density at radius 2 is 1.67 bits per heavy atom. The van der Waals surface area contributed by atoms with E-state index in [1.54, 1.807) is 0 Å². The van der Waals surface area contributed by atoms with Crippen LogP contribution in [0.15, 0.2) is 42.5 Å². The third-order valence-electron chi connectivity index (χ3n) is 2.89. The molecule has 21 heavy (non-hydrogen) atoms. The fraction of sp³-hybridized carbons (Fsp3) is 0.133. The van der Waals surface area contributed by atoms with Crippen molar-refractivity contribution in [3.63, 3.8) is 0 Å². The van der Waals surface area contributed by atoms with E-state index >= 15 is 0 Å². The van der Waals surface area contributed by atoms with Crippen LogP contribution in [0.1, 0.15) is 21.5 Å². The lowest BCUT2D eigenvalue weighted by Gasteiger charge is -2.09. The van der Waals surface area contributed by atoms with Crippen LogP contribution in [0, 0.1) is 5.82 Å². The van der Waals surface area contributed by atoms with Gasteiger partial charge in [0, 0.05) is 5.56 Å². The predicted molar refractivity (Wildman–Crippen MR) is 67.8 cm³/mol. The quantitative estimate of drug-likeness (QED) is 0.630. The van der Waals surface area contributed by atoms with Crippen LogP contribution < -0.4 is 4.74 Å². The van der Waals surface area contributed by atoms with Gasteiger partial charge in [0.15, 0.2) is 5.78 Å². The second-order valence-electron chi connectivity index (χ2n) is 4.25. The Morgan fingerprint density at radius 1 is 1.05 bits per heavy atom. The summed E-state index contributed by atoms with van der Waals surface area (Å²) in [6.07, 6.45) is -4.64. The molecule has 2 aromatic carbocycles. The van der Waals surface area contributed by atoms with Gasteiger partial charge in [0.25, 0.3) is 0 Å². The summed E-state index contributed by atoms with van der Waals surface area (Å²) in [5, 5.41) is 0. The molecule has 0 aliphatic heterocycles. The molecular weight excluding hydrogens is 288 g/mol. The van der Waals surface area contributed by atoms with Crippen molar-refractivity contribution >= 4 is 5.78 Å². The summed E-state index contributed by atoms with van der Waals surface area (Å²) in [7, 11) is 1.43. The fourth-order valence-electron chi connectivity index (χ4n) is 1.77. The molecule has 0 aromatic heterocycles. The van der Waals surface area contributed by atoms with E-state index in [4.69, 9.17) is 4.74 Å². The third kappa shape index (κ3) is 3.21. The molecule has 0 amide bonds. The molecule has 0 saturated carbocycles. The highest BCUT2D eigenvalue weighted by atomic mass is 19.4. The second kappa shape index (κ2) is 5.55. The Labute approximate surface area is 118 Å². The zero-order chi connectivity index (χ0) is 15.6. The van der Waals surface area contributed by atoms with Crippen molar-refractivity contribution in [2.75, 3.05) is 7.11 Å². The van der Waals surface area contributed by atoms with Crippen LogP contribution in [0.4, 0.5) is 17.6 Å². The van der Waals surface area contributed by atoms with Crippen LogP contribution >= 0.6 is 0 Å². The Hall–Kier alpha value is -2.37. The predicted octanol–water partition coefficient (Wildman–Crippen LogP) is 4.08. The topological polar surface area (TPSA) is 26.3 Å². The minimum atomic E-state index is -4.64. The van der Waals surface area contributed by atoms with Gasteiger partial charge in [-0.15, -0.1) is 0 Å². The Morgan fingerprint density at radius 3 is 2.19 bits per heavy atom. The number of benzene rings is 2. The van der Waals surface area contributed by atoms with Crippen LogP contribution in [-0.2, 0) is 6.18 Å². The molecule has 2 aromatic rings. The molecule has 110 valence electrons. The molecule has 0 atom stereocenters. The van der Waals surface area contributed by atoms with E-state index in [-0.39, 0.29) is 5.56 Å². The van der Waals surface area contributed by atoms with Gasteiger partial charge in [-0.2, -0.15) is 13.2 Å². The van der Waals surface area contributed by atoms with Gasteiger partial charge >= 0.3 is 6.18 Å². The van der Waals surface area contributed by atoms with Crippen molar-refractivity contribution in [3.8, 4) is 5.75 Å². The first-order chi connectivity index (χ1) is 9.82. The summed E-state index contributed by atoms with van der Waals surface area (Å²) in [5.74, 6) is -1.33. The summed E-state index contributed by atoms with van der Waals surface area (Å²) in [5.41, 5.74) is -1.61. The number of halogens is 4. The van der Waals surface area contributed by atoms with E-state index in [2.05, 4.69) is 0 Å². The standard InChI is InChI=1S/C15H10F4O2/c1-21-11-5-2-9(3-6-11)14(20)12-8-10(15(17,18)19)4-7-13(12)16/h2-8H,1H3. The lowest BCUT2D eigenvalue weighted by molar-refractivity contribution is -0.137. The maximum Gasteiger partial charge on any atom is 0.416 e. The number of carbonyl (C=O) groups excluding carboxylic acids is 1. The molecule has 0 unspecified atom stereocenters. The van der Waals surface area contributed by atoms with E-state index in [1.165, 1.54) is 31.4 Å². The van der Waals surface area contributed by atoms with Crippen molar-refractivity contribution in [2.45, 2.75) is 6.18 Å². The molecule has 0 radical (unpaired) electrons. The average Bonchev–Trinajstić information content (AvgIpc) is 2.46. The van der Waals surface area contributed by atoms with Crippen molar-refractivity contribution in [2.24, 2.45) is 0 Å². The van der Waals surface area contributed by atoms with Gasteiger partial charge in [0.2, 0.25) is 0 Å². The molecule has 0 N–H and O–H groups in total. The van der Waals surface area contributed by atoms with Gasteiger partial charge in [0.05, 0.1) is 18.2 Å². The number of alkyl halides is 3. The first-order valence-corrected chi connectivity index (χ1v) is 5.88. The molecule has 2 rings (SSSR count). The highest BCUT2D eigenvalue weighted by molar-refractivity contribution is 6.09. The Balaban J connectivity index is 2.42. The molecule has 2 nitrogen and oxygen atoms in total. The molecular formula is C15H10F4O2. The van der Waals surface area contributed by atoms with Crippen molar-refractivity contribution < 1.29 is 27.1 Å². The smallest absolute Gasteiger partial charge is 0.416 e. The second-order valence-corrected chi connectivity index (χ2v) is 4.25. The first kappa shape index (κ1) is 15.0. The normalized spacial score (nSPS) is 11.3. The van der Waals surface area contributed by atoms with Crippen LogP contribution in [0.5, 0.6) is 5.75 Å². The molecule has 0 saturated heterocycles. The number of hydrogen-bond acceptors (Lipinski definition) is 2. The maximum absolute atomic E-state index is 13.6. The van der Waals surface area contributed by atoms with Crippen molar-refractivity contribution in [1.82, 2.24) is 0 Å². The molecule has 0 heterocycles. The molecule has 0 fully saturated rings. The van der Waals surface area contributed by atoms with Gasteiger partial charge in [-0.1, -0.05) is 0 Å². The lowest BCUT2D eigenvalue weighted by atomic mass is 10.0. The summed E-state index contributed by atoms with van der Waals surface area (Å²) >= 11 is 0. The van der Waals surface area contributed by atoms with Gasteiger partial charge in [-0.3, -0.25) is 4.79 Å². The van der Waals surface area contributed by atoms with Crippen LogP contribution in [0.3, 0.4) is 0 Å². The van der Waals surface area contributed by atoms with E-state index < -0.39 is 28.9 Å². The van der Waals surface area contributed by atoms with Gasteiger partial charge in [-0.25, -0.2) is 4.39 Å². The lowest BCUT2D eigenvalue weighted by Crippen LogP contribution is -2.10. The van der Waals surface area contributed by atoms with Crippen molar-refractivity contribution in [1.29, 1.82) is 0 Å². The summed E-state index contributed by atoms with van der Waals surface area (Å²) in [4.78, 5) is 12.1. The third-order valence-corrected chi connectivity index (χ3v) is 2.89. The number of ether oxygens (including phenoxy) is 1. The summed E-state index contributed by atoms with van der Waals surface area (Å²) < 4.78 is 56.4. The van der Waals surface area contributed by atoms with Crippen LogP contribution in [0.2, 0.25) is 0 Å². The van der Waals surface area contributed by atoms with Crippen molar-refractivity contribution in [3.05, 3.63) is 65.0 Å². The monoisotopic (exact) mass is 298 g/mol. The van der Waals surface area contributed by atoms with E-state index in [0.717, 1.165) is 0 Å². The van der Waals surface area contributed by atoms with E-state index in [1.807, 2.05) is 0 Å². The minimum absolute atomic E-state index is 0.0778. The van der Waals surface area contributed by atoms with Gasteiger partial charge < -0.3 is 4.74 Å². The minimum Gasteiger partial charge on any atom is -0.497 e. The van der Waals surface area contributed by atoms with E-state index in [0.29, 0.717) is 23.9 Å². The fourth-order valence-corrected chi connectivity index (χ4v) is 1.77. The molecule has 0 bridgehead atoms. The molecule has 0 spiro atoms. The number of rotatable bonds is 3. The maximum atomic E-state index is 13.6. The van der Waals surface area contributed by atoms with E-state index in [9.17, 15) is 22.4 Å². The average molecular weight is 298 g/mol. The number of hydrogen-bond donors (Lipinski definition) is 0. The van der Waals surface area contributed by atoms with Gasteiger partial charge in [0.1, 0.15) is 11.6 Å². The zero-order valence-corrected chi connectivity index (χ0v) is 10.9. The molecule has 0 aliphatic rings. The summed E-state index contributed by atoms with van der Waals surface area (Å²) in [6, 6.07) is 7.42. The first-order valence-electron chi connectivity index (χ1n) is 5.88. The highest BCUT2D eigenvalue weighted by Gasteiger charge is 2.32. The number of carbonyl (C=O) groups is 1.